The quantitative estimate of drug-likeness (QED) is 0.824. The van der Waals surface area contributed by atoms with Crippen molar-refractivity contribution in [1.82, 2.24) is 10.2 Å². The Morgan fingerprint density at radius 2 is 1.93 bits per heavy atom. The van der Waals surface area contributed by atoms with Crippen LogP contribution in [-0.2, 0) is 20.9 Å². The van der Waals surface area contributed by atoms with Crippen LogP contribution < -0.4 is 5.32 Å². The Hall–Kier alpha value is -2.57. The number of carboxylic acid groups (broad SMARTS) is 1. The lowest BCUT2D eigenvalue weighted by Crippen LogP contribution is -2.67. The van der Waals surface area contributed by atoms with E-state index in [1.807, 2.05) is 30.3 Å². The number of hydrogen-bond donors (Lipinski definition) is 2. The second-order valence-electron chi connectivity index (χ2n) is 7.97. The van der Waals surface area contributed by atoms with Gasteiger partial charge in [0.2, 0.25) is 5.91 Å². The van der Waals surface area contributed by atoms with Gasteiger partial charge in [0.1, 0.15) is 11.1 Å². The number of benzene rings is 1. The van der Waals surface area contributed by atoms with E-state index < -0.39 is 35.0 Å². The zero-order chi connectivity index (χ0) is 20.2. The van der Waals surface area contributed by atoms with Crippen LogP contribution in [0, 0.1) is 5.92 Å². The van der Waals surface area contributed by atoms with Crippen LogP contribution in [-0.4, -0.2) is 45.7 Å². The van der Waals surface area contributed by atoms with Crippen LogP contribution in [0.2, 0.25) is 0 Å². The molecule has 7 nitrogen and oxygen atoms in total. The number of carboxylic acids is 1. The average Bonchev–Trinajstić information content (AvgIpc) is 2.57. The number of aliphatic carboxylic acids is 1. The van der Waals surface area contributed by atoms with Gasteiger partial charge in [-0.2, -0.15) is 0 Å². The third-order valence-corrected chi connectivity index (χ3v) is 4.72. The van der Waals surface area contributed by atoms with E-state index in [9.17, 15) is 19.5 Å². The maximum absolute atomic E-state index is 13.3. The summed E-state index contributed by atoms with van der Waals surface area (Å²) in [5.41, 5.74) is -1.33. The van der Waals surface area contributed by atoms with Gasteiger partial charge in [-0.25, -0.2) is 4.79 Å². The highest BCUT2D eigenvalue weighted by atomic mass is 16.6. The summed E-state index contributed by atoms with van der Waals surface area (Å²) in [6.45, 7) is 7.46. The number of carbonyl (C=O) groups excluding carboxylic acids is 2. The molecule has 2 N–H and O–H groups in total. The number of nitrogens with zero attached hydrogens (tertiary/aromatic N) is 1. The van der Waals surface area contributed by atoms with Gasteiger partial charge < -0.3 is 20.1 Å². The fourth-order valence-electron chi connectivity index (χ4n) is 3.32. The third-order valence-electron chi connectivity index (χ3n) is 4.72. The van der Waals surface area contributed by atoms with Crippen LogP contribution in [0.5, 0.6) is 0 Å². The Bertz CT molecular complexity index is 698. The molecular weight excluding hydrogens is 348 g/mol. The smallest absolute Gasteiger partial charge is 0.408 e. The Kier molecular flexibility index (Phi) is 6.13. The summed E-state index contributed by atoms with van der Waals surface area (Å²) in [7, 11) is 0. The second-order valence-corrected chi connectivity index (χ2v) is 7.97. The summed E-state index contributed by atoms with van der Waals surface area (Å²) in [6, 6.07) is 9.48. The van der Waals surface area contributed by atoms with E-state index in [0.717, 1.165) is 5.56 Å². The molecule has 0 radical (unpaired) electrons. The number of alkyl carbamates (subject to hydrolysis) is 1. The lowest BCUT2D eigenvalue weighted by atomic mass is 9.77. The predicted octanol–water partition coefficient (Wildman–Crippen LogP) is 2.79. The molecule has 2 rings (SSSR count). The van der Waals surface area contributed by atoms with Crippen molar-refractivity contribution in [3.63, 3.8) is 0 Å². The van der Waals surface area contributed by atoms with E-state index in [1.165, 1.54) is 6.92 Å². The van der Waals surface area contributed by atoms with E-state index in [0.29, 0.717) is 19.5 Å². The van der Waals surface area contributed by atoms with Gasteiger partial charge in [-0.05, 0) is 46.1 Å². The minimum absolute atomic E-state index is 0.254. The van der Waals surface area contributed by atoms with Gasteiger partial charge >= 0.3 is 12.1 Å². The molecule has 1 aliphatic rings. The first kappa shape index (κ1) is 20.7. The molecule has 2 amide bonds. The van der Waals surface area contributed by atoms with Crippen molar-refractivity contribution in [1.29, 1.82) is 0 Å². The largest absolute Gasteiger partial charge is 0.481 e. The van der Waals surface area contributed by atoms with Gasteiger partial charge in [0.25, 0.3) is 0 Å². The summed E-state index contributed by atoms with van der Waals surface area (Å²) in [4.78, 5) is 39.0. The molecule has 0 unspecified atom stereocenters. The van der Waals surface area contributed by atoms with Crippen molar-refractivity contribution in [3.05, 3.63) is 35.9 Å². The van der Waals surface area contributed by atoms with Crippen LogP contribution in [0.25, 0.3) is 0 Å². The summed E-state index contributed by atoms with van der Waals surface area (Å²) in [5.74, 6) is -2.62. The molecule has 0 spiro atoms. The average molecular weight is 376 g/mol. The van der Waals surface area contributed by atoms with Gasteiger partial charge in [0.15, 0.2) is 0 Å². The Balaban J connectivity index is 2.29. The lowest BCUT2D eigenvalue weighted by Gasteiger charge is -2.44. The SMILES string of the molecule is C[C@@H](C(=O)O)[C@@]1(NC(=O)OC(C)(C)C)CCCN(Cc2ccccc2)C1=O. The summed E-state index contributed by atoms with van der Waals surface area (Å²) >= 11 is 0. The molecule has 1 aliphatic heterocycles. The molecule has 0 aliphatic carbocycles. The highest BCUT2D eigenvalue weighted by molar-refractivity contribution is 5.95. The van der Waals surface area contributed by atoms with E-state index in [1.54, 1.807) is 25.7 Å². The molecule has 27 heavy (non-hydrogen) atoms. The van der Waals surface area contributed by atoms with Crippen LogP contribution in [0.4, 0.5) is 4.79 Å². The van der Waals surface area contributed by atoms with Crippen molar-refractivity contribution in [2.45, 2.75) is 58.2 Å². The fraction of sp³-hybridized carbons (Fsp3) is 0.550. The molecule has 1 fully saturated rings. The second kappa shape index (κ2) is 7.98. The number of amides is 2. The number of ether oxygens (including phenoxy) is 1. The van der Waals surface area contributed by atoms with E-state index in [2.05, 4.69) is 5.32 Å². The van der Waals surface area contributed by atoms with Crippen LogP contribution >= 0.6 is 0 Å². The van der Waals surface area contributed by atoms with Crippen LogP contribution in [0.3, 0.4) is 0 Å². The minimum atomic E-state index is -1.53. The minimum Gasteiger partial charge on any atom is -0.481 e. The van der Waals surface area contributed by atoms with Crippen molar-refractivity contribution in [3.8, 4) is 0 Å². The molecule has 1 aromatic carbocycles. The maximum Gasteiger partial charge on any atom is 0.408 e. The standard InChI is InChI=1S/C20H28N2O5/c1-14(16(23)24)20(21-18(26)27-19(2,3)4)11-8-12-22(17(20)25)13-15-9-6-5-7-10-15/h5-7,9-10,14H,8,11-13H2,1-4H3,(H,21,26)(H,23,24)/t14-,20-/m0/s1. The van der Waals surface area contributed by atoms with Crippen molar-refractivity contribution >= 4 is 18.0 Å². The molecule has 148 valence electrons. The molecule has 1 saturated heterocycles. The topological polar surface area (TPSA) is 95.9 Å². The monoisotopic (exact) mass is 376 g/mol. The van der Waals surface area contributed by atoms with E-state index >= 15 is 0 Å². The number of carbonyl (C=O) groups is 3. The van der Waals surface area contributed by atoms with Crippen molar-refractivity contribution in [2.24, 2.45) is 5.92 Å². The normalized spacial score (nSPS) is 21.5. The first-order valence-corrected chi connectivity index (χ1v) is 9.12. The fourth-order valence-corrected chi connectivity index (χ4v) is 3.32. The predicted molar refractivity (Wildman–Crippen MR) is 100.0 cm³/mol. The molecular formula is C20H28N2O5. The summed E-state index contributed by atoms with van der Waals surface area (Å²) in [5, 5.41) is 12.2. The Labute approximate surface area is 159 Å². The number of rotatable bonds is 5. The third kappa shape index (κ3) is 4.99. The molecule has 0 bridgehead atoms. The number of likely N-dealkylation sites (tertiary alicyclic amines) is 1. The first-order valence-electron chi connectivity index (χ1n) is 9.12. The number of piperidine rings is 1. The molecule has 2 atom stereocenters. The lowest BCUT2D eigenvalue weighted by molar-refractivity contribution is -0.156. The Morgan fingerprint density at radius 3 is 2.48 bits per heavy atom. The molecule has 1 heterocycles. The first-order chi connectivity index (χ1) is 12.5. The van der Waals surface area contributed by atoms with E-state index in [4.69, 9.17) is 4.74 Å². The molecule has 0 saturated carbocycles. The van der Waals surface area contributed by atoms with Crippen molar-refractivity contribution < 1.29 is 24.2 Å². The zero-order valence-electron chi connectivity index (χ0n) is 16.3. The van der Waals surface area contributed by atoms with Gasteiger partial charge in [-0.1, -0.05) is 30.3 Å². The van der Waals surface area contributed by atoms with Gasteiger partial charge in [0.05, 0.1) is 5.92 Å². The van der Waals surface area contributed by atoms with E-state index in [-0.39, 0.29) is 6.42 Å². The molecule has 7 heteroatoms. The van der Waals surface area contributed by atoms with Crippen LogP contribution in [0.15, 0.2) is 30.3 Å². The highest BCUT2D eigenvalue weighted by Gasteiger charge is 2.52. The summed E-state index contributed by atoms with van der Waals surface area (Å²) < 4.78 is 5.28. The maximum atomic E-state index is 13.3. The Morgan fingerprint density at radius 1 is 1.30 bits per heavy atom. The number of hydrogen-bond acceptors (Lipinski definition) is 4. The summed E-state index contributed by atoms with van der Waals surface area (Å²) in [6.07, 6.45) is 0.0565. The van der Waals surface area contributed by atoms with Gasteiger partial charge in [-0.15, -0.1) is 0 Å². The molecule has 1 aromatic rings. The van der Waals surface area contributed by atoms with Crippen LogP contribution in [0.1, 0.15) is 46.1 Å². The van der Waals surface area contributed by atoms with Gasteiger partial charge in [-0.3, -0.25) is 9.59 Å². The molecule has 0 aromatic heterocycles. The van der Waals surface area contributed by atoms with Gasteiger partial charge in [0, 0.05) is 13.1 Å². The number of nitrogens with one attached hydrogen (secondary N) is 1. The van der Waals surface area contributed by atoms with Crippen molar-refractivity contribution in [2.75, 3.05) is 6.54 Å². The zero-order valence-corrected chi connectivity index (χ0v) is 16.3. The highest BCUT2D eigenvalue weighted by Crippen LogP contribution is 2.32.